The fourth-order valence-electron chi connectivity index (χ4n) is 4.35. The van der Waals surface area contributed by atoms with Crippen LogP contribution in [0, 0.1) is 0 Å². The first-order chi connectivity index (χ1) is 15.7. The SMILES string of the molecule is CCOC1C=Cc2ccccc2C1(N)N=Nc1ccc(-c2ccccc2)c2ccccc12. The Bertz CT molecular complexity index is 1310. The summed E-state index contributed by atoms with van der Waals surface area (Å²) in [6.45, 7) is 2.50. The molecule has 0 heterocycles. The standard InChI is InChI=1S/C28H25N3O/c1-2-32-27-19-16-21-12-6-9-15-25(21)28(27,29)31-30-26-18-17-22(20-10-4-3-5-11-20)23-13-7-8-14-24(23)26/h3-19,27H,2,29H2,1H3. The van der Waals surface area contributed by atoms with E-state index in [1.165, 1.54) is 11.1 Å². The highest BCUT2D eigenvalue weighted by Gasteiger charge is 2.40. The van der Waals surface area contributed by atoms with E-state index in [9.17, 15) is 0 Å². The number of nitrogens with zero attached hydrogens (tertiary/aromatic N) is 2. The average Bonchev–Trinajstić information content (AvgIpc) is 2.85. The maximum Gasteiger partial charge on any atom is 0.185 e. The van der Waals surface area contributed by atoms with Gasteiger partial charge in [-0.05, 0) is 35.1 Å². The summed E-state index contributed by atoms with van der Waals surface area (Å²) in [5, 5.41) is 11.6. The average molecular weight is 420 g/mol. The minimum atomic E-state index is -1.10. The zero-order chi connectivity index (χ0) is 22.0. The van der Waals surface area contributed by atoms with Gasteiger partial charge < -0.3 is 4.74 Å². The van der Waals surface area contributed by atoms with Crippen LogP contribution in [0.15, 0.2) is 107 Å². The van der Waals surface area contributed by atoms with Crippen molar-refractivity contribution in [1.29, 1.82) is 0 Å². The van der Waals surface area contributed by atoms with Gasteiger partial charge in [0.1, 0.15) is 6.10 Å². The van der Waals surface area contributed by atoms with E-state index in [0.717, 1.165) is 27.6 Å². The Morgan fingerprint density at radius 1 is 0.844 bits per heavy atom. The molecule has 2 N–H and O–H groups in total. The molecule has 0 spiro atoms. The van der Waals surface area contributed by atoms with Gasteiger partial charge in [0.15, 0.2) is 5.66 Å². The van der Waals surface area contributed by atoms with Gasteiger partial charge in [-0.2, -0.15) is 10.2 Å². The molecule has 1 aliphatic rings. The number of azo groups is 1. The Labute approximate surface area is 188 Å². The van der Waals surface area contributed by atoms with Crippen molar-refractivity contribution in [3.63, 3.8) is 0 Å². The Balaban J connectivity index is 1.61. The molecular weight excluding hydrogens is 394 g/mol. The van der Waals surface area contributed by atoms with Crippen LogP contribution in [0.1, 0.15) is 18.1 Å². The van der Waals surface area contributed by atoms with E-state index in [1.54, 1.807) is 0 Å². The molecule has 4 aromatic rings. The second-order valence-corrected chi connectivity index (χ2v) is 7.89. The molecule has 4 heteroatoms. The Hall–Kier alpha value is -3.60. The molecule has 0 aliphatic heterocycles. The van der Waals surface area contributed by atoms with Crippen molar-refractivity contribution in [2.24, 2.45) is 16.0 Å². The quantitative estimate of drug-likeness (QED) is 0.360. The Morgan fingerprint density at radius 3 is 2.38 bits per heavy atom. The fourth-order valence-corrected chi connectivity index (χ4v) is 4.35. The summed E-state index contributed by atoms with van der Waals surface area (Å²) in [6.07, 6.45) is 3.63. The molecule has 0 saturated carbocycles. The van der Waals surface area contributed by atoms with Crippen LogP contribution in [0.25, 0.3) is 28.0 Å². The summed E-state index contributed by atoms with van der Waals surface area (Å²) in [5.74, 6) is 0. The largest absolute Gasteiger partial charge is 0.370 e. The molecule has 0 radical (unpaired) electrons. The molecule has 2 unspecified atom stereocenters. The first-order valence-electron chi connectivity index (χ1n) is 10.9. The number of hydrogen-bond acceptors (Lipinski definition) is 4. The van der Waals surface area contributed by atoms with Gasteiger partial charge in [-0.3, -0.25) is 5.73 Å². The maximum absolute atomic E-state index is 6.88. The van der Waals surface area contributed by atoms with Crippen molar-refractivity contribution < 1.29 is 4.74 Å². The van der Waals surface area contributed by atoms with Crippen LogP contribution in [-0.4, -0.2) is 12.7 Å². The monoisotopic (exact) mass is 419 g/mol. The third-order valence-corrected chi connectivity index (χ3v) is 5.93. The summed E-state index contributed by atoms with van der Waals surface area (Å²) < 4.78 is 5.94. The molecule has 0 fully saturated rings. The van der Waals surface area contributed by atoms with E-state index in [1.807, 2.05) is 67.6 Å². The van der Waals surface area contributed by atoms with Gasteiger partial charge in [0, 0.05) is 17.6 Å². The molecule has 0 aromatic heterocycles. The summed E-state index contributed by atoms with van der Waals surface area (Å²) in [6, 6.07) is 30.8. The lowest BCUT2D eigenvalue weighted by molar-refractivity contribution is 0.0363. The van der Waals surface area contributed by atoms with Crippen molar-refractivity contribution in [2.45, 2.75) is 18.7 Å². The van der Waals surface area contributed by atoms with Crippen molar-refractivity contribution >= 4 is 22.5 Å². The van der Waals surface area contributed by atoms with Crippen LogP contribution in [0.2, 0.25) is 0 Å². The second kappa shape index (κ2) is 8.50. The third-order valence-electron chi connectivity index (χ3n) is 5.93. The molecule has 4 aromatic carbocycles. The summed E-state index contributed by atoms with van der Waals surface area (Å²) in [4.78, 5) is 0. The molecule has 5 rings (SSSR count). The Morgan fingerprint density at radius 2 is 1.56 bits per heavy atom. The molecule has 158 valence electrons. The molecule has 0 saturated heterocycles. The number of hydrogen-bond donors (Lipinski definition) is 1. The topological polar surface area (TPSA) is 60.0 Å². The molecule has 2 atom stereocenters. The van der Waals surface area contributed by atoms with Gasteiger partial charge in [-0.15, -0.1) is 0 Å². The minimum Gasteiger partial charge on any atom is -0.370 e. The van der Waals surface area contributed by atoms with Crippen molar-refractivity contribution in [3.8, 4) is 11.1 Å². The van der Waals surface area contributed by atoms with Crippen molar-refractivity contribution in [1.82, 2.24) is 0 Å². The van der Waals surface area contributed by atoms with Crippen LogP contribution < -0.4 is 5.73 Å². The van der Waals surface area contributed by atoms with Gasteiger partial charge in [-0.1, -0.05) is 97.1 Å². The number of ether oxygens (including phenoxy) is 1. The van der Waals surface area contributed by atoms with Crippen LogP contribution in [0.5, 0.6) is 0 Å². The fraction of sp³-hybridized carbons (Fsp3) is 0.143. The molecule has 0 bridgehead atoms. The van der Waals surface area contributed by atoms with Crippen LogP contribution in [0.3, 0.4) is 0 Å². The van der Waals surface area contributed by atoms with Gasteiger partial charge >= 0.3 is 0 Å². The smallest absolute Gasteiger partial charge is 0.185 e. The molecule has 4 nitrogen and oxygen atoms in total. The molecular formula is C28H25N3O. The number of rotatable bonds is 5. The van der Waals surface area contributed by atoms with E-state index in [0.29, 0.717) is 6.61 Å². The highest BCUT2D eigenvalue weighted by molar-refractivity contribution is 6.02. The molecule has 1 aliphatic carbocycles. The highest BCUT2D eigenvalue weighted by Crippen LogP contribution is 2.38. The van der Waals surface area contributed by atoms with E-state index in [2.05, 4.69) is 47.6 Å². The maximum atomic E-state index is 6.88. The predicted octanol–water partition coefficient (Wildman–Crippen LogP) is 6.83. The van der Waals surface area contributed by atoms with E-state index in [4.69, 9.17) is 15.6 Å². The van der Waals surface area contributed by atoms with Crippen LogP contribution >= 0.6 is 0 Å². The minimum absolute atomic E-state index is 0.388. The van der Waals surface area contributed by atoms with Crippen LogP contribution in [-0.2, 0) is 10.4 Å². The zero-order valence-corrected chi connectivity index (χ0v) is 18.0. The predicted molar refractivity (Wildman–Crippen MR) is 131 cm³/mol. The molecule has 0 amide bonds. The summed E-state index contributed by atoms with van der Waals surface area (Å²) in [5.41, 5.74) is 10.9. The molecule has 32 heavy (non-hydrogen) atoms. The van der Waals surface area contributed by atoms with Gasteiger partial charge in [0.2, 0.25) is 0 Å². The lowest BCUT2D eigenvalue weighted by Gasteiger charge is -2.35. The zero-order valence-electron chi connectivity index (χ0n) is 18.0. The first-order valence-corrected chi connectivity index (χ1v) is 10.9. The number of nitrogens with two attached hydrogens (primary N) is 1. The summed E-state index contributed by atoms with van der Waals surface area (Å²) in [7, 11) is 0. The first kappa shape index (κ1) is 20.3. The number of benzene rings is 4. The lowest BCUT2D eigenvalue weighted by Crippen LogP contribution is -2.48. The Kier molecular flexibility index (Phi) is 5.39. The van der Waals surface area contributed by atoms with Gasteiger partial charge in [-0.25, -0.2) is 0 Å². The lowest BCUT2D eigenvalue weighted by atomic mass is 9.86. The number of fused-ring (bicyclic) bond motifs is 2. The second-order valence-electron chi connectivity index (χ2n) is 7.89. The summed E-state index contributed by atoms with van der Waals surface area (Å²) >= 11 is 0. The van der Waals surface area contributed by atoms with Gasteiger partial charge in [0.05, 0.1) is 5.69 Å². The van der Waals surface area contributed by atoms with Crippen molar-refractivity contribution in [3.05, 3.63) is 108 Å². The van der Waals surface area contributed by atoms with E-state index < -0.39 is 5.66 Å². The third kappa shape index (κ3) is 3.54. The van der Waals surface area contributed by atoms with E-state index in [-0.39, 0.29) is 6.10 Å². The normalized spacial score (nSPS) is 20.0. The van der Waals surface area contributed by atoms with Crippen molar-refractivity contribution in [2.75, 3.05) is 6.61 Å². The van der Waals surface area contributed by atoms with Gasteiger partial charge in [0.25, 0.3) is 0 Å². The van der Waals surface area contributed by atoms with Crippen LogP contribution in [0.4, 0.5) is 5.69 Å². The highest BCUT2D eigenvalue weighted by atomic mass is 16.5. The van der Waals surface area contributed by atoms with E-state index >= 15 is 0 Å².